The first-order chi connectivity index (χ1) is 10.8. The Bertz CT molecular complexity index is 769. The maximum Gasteiger partial charge on any atom is 0.230 e. The summed E-state index contributed by atoms with van der Waals surface area (Å²) < 4.78 is 0. The largest absolute Gasteiger partial charge is 0.399 e. The monoisotopic (exact) mass is 365 g/mol. The van der Waals surface area contributed by atoms with Crippen LogP contribution in [0.3, 0.4) is 0 Å². The van der Waals surface area contributed by atoms with Gasteiger partial charge >= 0.3 is 0 Å². The summed E-state index contributed by atoms with van der Waals surface area (Å²) in [5.41, 5.74) is 7.92. The normalized spacial score (nSPS) is 15.3. The molecular weight excluding hydrogens is 346 g/mol. The van der Waals surface area contributed by atoms with Gasteiger partial charge in [-0.1, -0.05) is 37.3 Å². The molecule has 0 bridgehead atoms. The first-order valence-corrected chi connectivity index (χ1v) is 8.31. The van der Waals surface area contributed by atoms with E-state index in [1.165, 1.54) is 11.3 Å². The fourth-order valence-corrected chi connectivity index (χ4v) is 3.69. The average molecular weight is 366 g/mol. The summed E-state index contributed by atoms with van der Waals surface area (Å²) in [6.07, 6.45) is 1.55. The van der Waals surface area contributed by atoms with Gasteiger partial charge in [-0.05, 0) is 29.5 Å². The molecule has 3 N–H and O–H groups in total. The van der Waals surface area contributed by atoms with Gasteiger partial charge in [0.25, 0.3) is 0 Å². The van der Waals surface area contributed by atoms with Gasteiger partial charge in [0.2, 0.25) is 5.91 Å². The Morgan fingerprint density at radius 2 is 1.96 bits per heavy atom. The molecule has 0 unspecified atom stereocenters. The molecule has 1 aliphatic carbocycles. The van der Waals surface area contributed by atoms with Crippen LogP contribution in [-0.4, -0.2) is 16.7 Å². The number of hydrogen-bond donors (Lipinski definition) is 2. The second kappa shape index (κ2) is 6.91. The fraction of sp³-hybridized carbons (Fsp3) is 0.353. The third-order valence-electron chi connectivity index (χ3n) is 3.83. The van der Waals surface area contributed by atoms with Crippen molar-refractivity contribution in [1.82, 2.24) is 4.98 Å². The van der Waals surface area contributed by atoms with Crippen molar-refractivity contribution < 1.29 is 9.59 Å². The number of nitrogens with two attached hydrogens (primary N) is 1. The van der Waals surface area contributed by atoms with Crippen LogP contribution >= 0.6 is 23.7 Å². The minimum Gasteiger partial charge on any atom is -0.399 e. The van der Waals surface area contributed by atoms with Crippen molar-refractivity contribution in [2.75, 3.05) is 11.1 Å². The van der Waals surface area contributed by atoms with Gasteiger partial charge in [-0.2, -0.15) is 0 Å². The van der Waals surface area contributed by atoms with Crippen LogP contribution in [0.25, 0.3) is 0 Å². The zero-order valence-electron chi connectivity index (χ0n) is 13.6. The zero-order chi connectivity index (χ0) is 16.6. The average Bonchev–Trinajstić information content (AvgIpc) is 2.82. The minimum absolute atomic E-state index is 0. The molecule has 5 nitrogen and oxygen atoms in total. The molecule has 0 saturated heterocycles. The molecule has 0 atom stereocenters. The summed E-state index contributed by atoms with van der Waals surface area (Å²) in [7, 11) is 0. The number of benzene rings is 1. The van der Waals surface area contributed by atoms with Crippen LogP contribution in [-0.2, 0) is 17.6 Å². The number of nitrogens with one attached hydrogen (secondary N) is 1. The number of carbonyl (C=O) groups excluding carboxylic acids is 2. The Morgan fingerprint density at radius 3 is 2.62 bits per heavy atom. The summed E-state index contributed by atoms with van der Waals surface area (Å²) in [6, 6.07) is 7.19. The van der Waals surface area contributed by atoms with E-state index in [0.717, 1.165) is 17.7 Å². The molecule has 7 heteroatoms. The van der Waals surface area contributed by atoms with Gasteiger partial charge < -0.3 is 11.1 Å². The Hall–Kier alpha value is -1.92. The molecule has 128 valence electrons. The van der Waals surface area contributed by atoms with Gasteiger partial charge in [0.1, 0.15) is 0 Å². The number of ketones is 1. The van der Waals surface area contributed by atoms with Gasteiger partial charge in [0, 0.05) is 12.1 Å². The van der Waals surface area contributed by atoms with E-state index in [1.807, 2.05) is 12.1 Å². The number of Topliss-reactive ketones (excluding diaryl/α,β-unsaturated/α-hetero) is 1. The van der Waals surface area contributed by atoms with E-state index >= 15 is 0 Å². The highest BCUT2D eigenvalue weighted by atomic mass is 35.5. The molecule has 2 aromatic rings. The van der Waals surface area contributed by atoms with Gasteiger partial charge in [0.05, 0.1) is 17.0 Å². The number of amides is 1. The molecule has 1 heterocycles. The summed E-state index contributed by atoms with van der Waals surface area (Å²) in [4.78, 5) is 29.4. The minimum atomic E-state index is -0.146. The van der Waals surface area contributed by atoms with E-state index < -0.39 is 0 Å². The lowest BCUT2D eigenvalue weighted by atomic mass is 9.78. The first kappa shape index (κ1) is 18.4. The standard InChI is InChI=1S/C17H19N3O2S.ClH/c1-17(2)8-12-15(13(21)9-17)23-16(19-12)20-14(22)7-10-3-5-11(18)6-4-10;/h3-6H,7-9,18H2,1-2H3,(H,19,20,22);1H. The molecule has 0 radical (unpaired) electrons. The predicted octanol–water partition coefficient (Wildman–Crippen LogP) is 3.48. The third kappa shape index (κ3) is 4.13. The molecule has 3 rings (SSSR count). The number of carbonyl (C=O) groups is 2. The lowest BCUT2D eigenvalue weighted by Gasteiger charge is -2.26. The molecule has 1 aliphatic rings. The second-order valence-electron chi connectivity index (χ2n) is 6.70. The number of nitrogen functional groups attached to an aromatic ring is 1. The number of aromatic nitrogens is 1. The van der Waals surface area contributed by atoms with E-state index in [9.17, 15) is 9.59 Å². The number of nitrogens with zero attached hydrogens (tertiary/aromatic N) is 1. The molecule has 0 fully saturated rings. The highest BCUT2D eigenvalue weighted by molar-refractivity contribution is 7.17. The summed E-state index contributed by atoms with van der Waals surface area (Å²) >= 11 is 1.27. The molecule has 0 saturated carbocycles. The smallest absolute Gasteiger partial charge is 0.230 e. The van der Waals surface area contributed by atoms with Crippen LogP contribution in [0.2, 0.25) is 0 Å². The van der Waals surface area contributed by atoms with Crippen molar-refractivity contribution in [2.45, 2.75) is 33.1 Å². The lowest BCUT2D eigenvalue weighted by Crippen LogP contribution is -2.26. The van der Waals surface area contributed by atoms with Crippen molar-refractivity contribution in [2.24, 2.45) is 5.41 Å². The highest BCUT2D eigenvalue weighted by Gasteiger charge is 2.34. The molecule has 24 heavy (non-hydrogen) atoms. The lowest BCUT2D eigenvalue weighted by molar-refractivity contribution is -0.115. The zero-order valence-corrected chi connectivity index (χ0v) is 15.2. The number of anilines is 2. The maximum atomic E-state index is 12.2. The molecular formula is C17H20ClN3O2S. The molecule has 1 amide bonds. The van der Waals surface area contributed by atoms with E-state index in [1.54, 1.807) is 12.1 Å². The number of halogens is 1. The fourth-order valence-electron chi connectivity index (χ4n) is 2.76. The van der Waals surface area contributed by atoms with Crippen LogP contribution in [0.1, 0.15) is 41.2 Å². The van der Waals surface area contributed by atoms with Crippen LogP contribution in [0.4, 0.5) is 10.8 Å². The quantitative estimate of drug-likeness (QED) is 0.815. The van der Waals surface area contributed by atoms with Gasteiger partial charge in [-0.3, -0.25) is 9.59 Å². The molecule has 0 aliphatic heterocycles. The van der Waals surface area contributed by atoms with Crippen LogP contribution in [0, 0.1) is 5.41 Å². The molecule has 1 aromatic heterocycles. The van der Waals surface area contributed by atoms with Gasteiger partial charge in [-0.15, -0.1) is 12.4 Å². The van der Waals surface area contributed by atoms with Crippen molar-refractivity contribution in [3.05, 3.63) is 40.4 Å². The van der Waals surface area contributed by atoms with E-state index in [2.05, 4.69) is 24.1 Å². The van der Waals surface area contributed by atoms with Crippen LogP contribution in [0.5, 0.6) is 0 Å². The van der Waals surface area contributed by atoms with Crippen molar-refractivity contribution in [3.8, 4) is 0 Å². The summed E-state index contributed by atoms with van der Waals surface area (Å²) in [5, 5.41) is 3.30. The van der Waals surface area contributed by atoms with Crippen molar-refractivity contribution >= 4 is 46.3 Å². The Kier molecular flexibility index (Phi) is 5.30. The van der Waals surface area contributed by atoms with Crippen molar-refractivity contribution in [1.29, 1.82) is 0 Å². The van der Waals surface area contributed by atoms with Crippen molar-refractivity contribution in [3.63, 3.8) is 0 Å². The van der Waals surface area contributed by atoms with Gasteiger partial charge in [-0.25, -0.2) is 4.98 Å². The second-order valence-corrected chi connectivity index (χ2v) is 7.70. The van der Waals surface area contributed by atoms with E-state index in [-0.39, 0.29) is 35.9 Å². The van der Waals surface area contributed by atoms with E-state index in [0.29, 0.717) is 22.1 Å². The highest BCUT2D eigenvalue weighted by Crippen LogP contribution is 2.38. The predicted molar refractivity (Wildman–Crippen MR) is 99.0 cm³/mol. The van der Waals surface area contributed by atoms with Crippen LogP contribution in [0.15, 0.2) is 24.3 Å². The number of fused-ring (bicyclic) bond motifs is 1. The van der Waals surface area contributed by atoms with Gasteiger partial charge in [0.15, 0.2) is 10.9 Å². The summed E-state index contributed by atoms with van der Waals surface area (Å²) in [5.74, 6) is -0.0274. The Balaban J connectivity index is 0.00000208. The number of rotatable bonds is 3. The Morgan fingerprint density at radius 1 is 1.29 bits per heavy atom. The molecule has 1 aromatic carbocycles. The third-order valence-corrected chi connectivity index (χ3v) is 4.88. The number of thiazole rings is 1. The Labute approximate surface area is 151 Å². The maximum absolute atomic E-state index is 12.2. The van der Waals surface area contributed by atoms with E-state index in [4.69, 9.17) is 5.73 Å². The first-order valence-electron chi connectivity index (χ1n) is 7.50. The topological polar surface area (TPSA) is 85.1 Å². The SMILES string of the molecule is CC1(C)CC(=O)c2sc(NC(=O)Cc3ccc(N)cc3)nc2C1.Cl. The number of hydrogen-bond acceptors (Lipinski definition) is 5. The van der Waals surface area contributed by atoms with Crippen LogP contribution < -0.4 is 11.1 Å². The summed E-state index contributed by atoms with van der Waals surface area (Å²) in [6.45, 7) is 4.12. The molecule has 0 spiro atoms.